The van der Waals surface area contributed by atoms with E-state index in [0.717, 1.165) is 75.3 Å². The Morgan fingerprint density at radius 2 is 1.22 bits per heavy atom. The number of methoxy groups -OCH3 is 2. The molecule has 2 aromatic heterocycles. The third-order valence-corrected chi connectivity index (χ3v) is 8.63. The van der Waals surface area contributed by atoms with Crippen LogP contribution >= 0.6 is 0 Å². The van der Waals surface area contributed by atoms with Gasteiger partial charge in [0.25, 0.3) is 0 Å². The van der Waals surface area contributed by atoms with Crippen LogP contribution in [0.5, 0.6) is 11.5 Å². The number of nitrogens with zero attached hydrogens (tertiary/aromatic N) is 4. The van der Waals surface area contributed by atoms with Gasteiger partial charge in [0.05, 0.1) is 65.9 Å². The van der Waals surface area contributed by atoms with Crippen LogP contribution < -0.4 is 9.47 Å². The first-order valence-corrected chi connectivity index (χ1v) is 15.7. The molecular weight excluding hydrogens is 566 g/mol. The van der Waals surface area contributed by atoms with Gasteiger partial charge in [0.2, 0.25) is 0 Å². The summed E-state index contributed by atoms with van der Waals surface area (Å²) in [5.41, 5.74) is 13.3. The van der Waals surface area contributed by atoms with Crippen molar-refractivity contribution >= 4 is 44.4 Å². The number of H-pyrrole nitrogens is 1. The fraction of sp³-hybridized carbons (Fsp3) is 0.389. The zero-order valence-electron chi connectivity index (χ0n) is 27.1. The summed E-state index contributed by atoms with van der Waals surface area (Å²) in [5, 5.41) is 19.3. The van der Waals surface area contributed by atoms with E-state index in [2.05, 4.69) is 44.8 Å². The van der Waals surface area contributed by atoms with Crippen molar-refractivity contribution in [3.8, 4) is 11.5 Å². The van der Waals surface area contributed by atoms with Gasteiger partial charge >= 0.3 is 0 Å². The fourth-order valence-corrected chi connectivity index (χ4v) is 6.15. The number of benzene rings is 1. The van der Waals surface area contributed by atoms with E-state index in [0.29, 0.717) is 41.8 Å². The van der Waals surface area contributed by atoms with E-state index in [1.165, 1.54) is 11.1 Å². The summed E-state index contributed by atoms with van der Waals surface area (Å²) in [6.45, 7) is 8.68. The smallest absolute Gasteiger partial charge is 0.163 e. The largest absolute Gasteiger partial charge is 0.493 e. The van der Waals surface area contributed by atoms with Crippen molar-refractivity contribution < 1.29 is 19.7 Å². The van der Waals surface area contributed by atoms with Crippen LogP contribution in [0.3, 0.4) is 0 Å². The van der Waals surface area contributed by atoms with Crippen LogP contribution in [0.25, 0.3) is 44.4 Å². The molecule has 0 amide bonds. The summed E-state index contributed by atoms with van der Waals surface area (Å²) in [7, 11) is 3.20. The Labute approximate surface area is 264 Å². The molecule has 0 saturated heterocycles. The zero-order chi connectivity index (χ0) is 32.1. The molecule has 2 aliphatic rings. The lowest BCUT2D eigenvalue weighted by Crippen LogP contribution is -1.91. The molecule has 3 N–H and O–H groups in total. The van der Waals surface area contributed by atoms with Gasteiger partial charge < -0.3 is 24.7 Å². The van der Waals surface area contributed by atoms with E-state index in [1.54, 1.807) is 20.4 Å². The molecule has 0 saturated carbocycles. The molecule has 4 heterocycles. The number of hydrogen-bond donors (Lipinski definition) is 3. The standard InChI is InChI=1S/C36H43N5O4/c1-7-23-24(8-2)28-16-30-26(12-10-14-43)22(4)34(41-30)20-38-32-18-36(45-6)35(44-5)17-31(32)37-19-33-21(3)25(11-9-13-42)29(40-33)15-27(23)39-28/h15-20,40,42-43H,7-14H2,1-6H3. The molecule has 45 heavy (non-hydrogen) atoms. The SMILES string of the molecule is CCC1=C(CC)c2cc3[nH]c(cnc4cc(OC)c(OC)cc4ncc4nc(cc1n2)C(CCCO)=C4C)c(C)c3CCCO. The van der Waals surface area contributed by atoms with Crippen molar-refractivity contribution in [3.05, 3.63) is 70.6 Å². The molecule has 6 bridgehead atoms. The van der Waals surface area contributed by atoms with E-state index >= 15 is 0 Å². The van der Waals surface area contributed by atoms with Crippen molar-refractivity contribution in [2.24, 2.45) is 0 Å². The highest BCUT2D eigenvalue weighted by Gasteiger charge is 2.21. The van der Waals surface area contributed by atoms with Gasteiger partial charge in [0.15, 0.2) is 11.5 Å². The first-order chi connectivity index (χ1) is 21.9. The van der Waals surface area contributed by atoms with Gasteiger partial charge in [0, 0.05) is 30.9 Å². The van der Waals surface area contributed by atoms with Gasteiger partial charge in [0.1, 0.15) is 0 Å². The second-order valence-electron chi connectivity index (χ2n) is 11.2. The van der Waals surface area contributed by atoms with E-state index in [1.807, 2.05) is 18.3 Å². The summed E-state index contributed by atoms with van der Waals surface area (Å²) in [6, 6.07) is 7.86. The maximum atomic E-state index is 9.67. The zero-order valence-corrected chi connectivity index (χ0v) is 27.1. The Morgan fingerprint density at radius 3 is 1.82 bits per heavy atom. The normalized spacial score (nSPS) is 13.0. The molecule has 236 valence electrons. The number of hydrogen-bond acceptors (Lipinski definition) is 8. The molecule has 2 aliphatic heterocycles. The molecule has 0 spiro atoms. The van der Waals surface area contributed by atoms with E-state index < -0.39 is 0 Å². The topological polar surface area (TPSA) is 126 Å². The third kappa shape index (κ3) is 6.41. The average Bonchev–Trinajstić information content (AvgIpc) is 3.65. The fourth-order valence-electron chi connectivity index (χ4n) is 6.15. The van der Waals surface area contributed by atoms with Gasteiger partial charge in [-0.3, -0.25) is 9.97 Å². The lowest BCUT2D eigenvalue weighted by Gasteiger charge is -2.07. The van der Waals surface area contributed by atoms with Crippen molar-refractivity contribution in [2.45, 2.75) is 66.2 Å². The van der Waals surface area contributed by atoms with Crippen LogP contribution in [-0.4, -0.2) is 62.6 Å². The summed E-state index contributed by atoms with van der Waals surface area (Å²) in [4.78, 5) is 23.5. The molecule has 0 unspecified atom stereocenters. The first kappa shape index (κ1) is 32.1. The number of aliphatic hydroxyl groups is 2. The minimum atomic E-state index is 0.102. The van der Waals surface area contributed by atoms with Crippen LogP contribution in [0.2, 0.25) is 0 Å². The Kier molecular flexibility index (Phi) is 10.1. The summed E-state index contributed by atoms with van der Waals surface area (Å²) < 4.78 is 11.2. The van der Waals surface area contributed by atoms with Crippen LogP contribution in [0.15, 0.2) is 36.7 Å². The van der Waals surface area contributed by atoms with E-state index in [9.17, 15) is 10.2 Å². The van der Waals surface area contributed by atoms with Crippen LogP contribution in [0, 0.1) is 6.92 Å². The Balaban J connectivity index is 1.94. The molecule has 3 aromatic rings. The number of aromatic nitrogens is 5. The van der Waals surface area contributed by atoms with E-state index in [4.69, 9.17) is 29.4 Å². The van der Waals surface area contributed by atoms with Crippen LogP contribution in [0.4, 0.5) is 0 Å². The van der Waals surface area contributed by atoms with Crippen molar-refractivity contribution in [1.29, 1.82) is 0 Å². The monoisotopic (exact) mass is 609 g/mol. The lowest BCUT2D eigenvalue weighted by molar-refractivity contribution is 0.288. The quantitative estimate of drug-likeness (QED) is 0.224. The van der Waals surface area contributed by atoms with Gasteiger partial charge in [-0.2, -0.15) is 0 Å². The molecule has 9 nitrogen and oxygen atoms in total. The van der Waals surface area contributed by atoms with Gasteiger partial charge in [-0.05, 0) is 97.9 Å². The minimum absolute atomic E-state index is 0.102. The number of ether oxygens (including phenoxy) is 2. The number of fused-ring (bicyclic) bond motifs is 7. The number of allylic oxidation sites excluding steroid dienone is 4. The molecule has 0 atom stereocenters. The Bertz CT molecular complexity index is 1860. The molecule has 9 heteroatoms. The lowest BCUT2D eigenvalue weighted by atomic mass is 9.98. The van der Waals surface area contributed by atoms with Crippen molar-refractivity contribution in [3.63, 3.8) is 0 Å². The molecular formula is C36H43N5O4. The summed E-state index contributed by atoms with van der Waals surface area (Å²) in [6.07, 6.45) is 7.99. The van der Waals surface area contributed by atoms with Gasteiger partial charge in [-0.25, -0.2) is 9.97 Å². The average molecular weight is 610 g/mol. The molecule has 0 fully saturated rings. The number of aryl methyl sites for hydroxylation is 2. The number of aliphatic hydroxyl groups excluding tert-OH is 2. The van der Waals surface area contributed by atoms with Gasteiger partial charge in [-0.15, -0.1) is 0 Å². The number of aromatic amines is 1. The maximum absolute atomic E-state index is 9.67. The highest BCUT2D eigenvalue weighted by molar-refractivity contribution is 5.95. The van der Waals surface area contributed by atoms with Crippen molar-refractivity contribution in [2.75, 3.05) is 27.4 Å². The predicted octanol–water partition coefficient (Wildman–Crippen LogP) is 7.02. The summed E-state index contributed by atoms with van der Waals surface area (Å²) in [5.74, 6) is 1.10. The van der Waals surface area contributed by atoms with E-state index in [-0.39, 0.29) is 13.2 Å². The van der Waals surface area contributed by atoms with Crippen LogP contribution in [-0.2, 0) is 6.42 Å². The van der Waals surface area contributed by atoms with Crippen LogP contribution in [0.1, 0.15) is 86.8 Å². The first-order valence-electron chi connectivity index (χ1n) is 15.7. The second-order valence-corrected chi connectivity index (χ2v) is 11.2. The Hall–Kier alpha value is -4.34. The molecule has 0 aliphatic carbocycles. The van der Waals surface area contributed by atoms with Crippen molar-refractivity contribution in [1.82, 2.24) is 24.9 Å². The third-order valence-electron chi connectivity index (χ3n) is 8.63. The molecule has 1 aromatic carbocycles. The second kappa shape index (κ2) is 14.2. The Morgan fingerprint density at radius 1 is 0.667 bits per heavy atom. The number of rotatable bonds is 10. The molecule has 5 rings (SSSR count). The highest BCUT2D eigenvalue weighted by atomic mass is 16.5. The minimum Gasteiger partial charge on any atom is -0.493 e. The number of nitrogens with one attached hydrogen (secondary N) is 1. The predicted molar refractivity (Wildman–Crippen MR) is 181 cm³/mol. The highest BCUT2D eigenvalue weighted by Crippen LogP contribution is 2.38. The summed E-state index contributed by atoms with van der Waals surface area (Å²) >= 11 is 0. The maximum Gasteiger partial charge on any atom is 0.163 e. The molecule has 0 radical (unpaired) electrons. The van der Waals surface area contributed by atoms with Gasteiger partial charge in [-0.1, -0.05) is 13.8 Å².